The van der Waals surface area contributed by atoms with Crippen LogP contribution in [0.5, 0.6) is 0 Å². The van der Waals surface area contributed by atoms with Crippen molar-refractivity contribution in [2.75, 3.05) is 13.3 Å². The van der Waals surface area contributed by atoms with E-state index in [4.69, 9.17) is 21.7 Å². The smallest absolute Gasteiger partial charge is 0.192 e. The summed E-state index contributed by atoms with van der Waals surface area (Å²) in [6.45, 7) is 14.6. The van der Waals surface area contributed by atoms with Crippen molar-refractivity contribution < 1.29 is 18.5 Å². The van der Waals surface area contributed by atoms with E-state index >= 15 is 0 Å². The van der Waals surface area contributed by atoms with Crippen molar-refractivity contribution >= 4 is 23.3 Å². The molecule has 2 radical (unpaired) electrons. The lowest BCUT2D eigenvalue weighted by Crippen LogP contribution is -2.46. The van der Waals surface area contributed by atoms with Crippen LogP contribution in [0.25, 0.3) is 0 Å². The maximum atomic E-state index is 12.0. The minimum absolute atomic E-state index is 0.0788. The number of hydrogen-bond acceptors (Lipinski definition) is 4. The molecule has 0 aliphatic carbocycles. The van der Waals surface area contributed by atoms with Crippen LogP contribution in [0.3, 0.4) is 0 Å². The van der Waals surface area contributed by atoms with Gasteiger partial charge in [-0.1, -0.05) is 20.8 Å². The third-order valence-electron chi connectivity index (χ3n) is 4.90. The first-order valence-corrected chi connectivity index (χ1v) is 13.2. The number of hydrogen-bond donors (Lipinski definition) is 0. The van der Waals surface area contributed by atoms with Gasteiger partial charge in [-0.3, -0.25) is 0 Å². The zero-order valence-corrected chi connectivity index (χ0v) is 16.1. The summed E-state index contributed by atoms with van der Waals surface area (Å²) in [6.07, 6.45) is 0.473. The summed E-state index contributed by atoms with van der Waals surface area (Å²) in [4.78, 5) is 0. The average molecular weight is 330 g/mol. The highest BCUT2D eigenvalue weighted by atomic mass is 31.2. The van der Waals surface area contributed by atoms with Crippen molar-refractivity contribution in [2.45, 2.75) is 75.5 Å². The quantitative estimate of drug-likeness (QED) is 0.452. The molecular weight excluding hydrogens is 302 g/mol. The maximum Gasteiger partial charge on any atom is 0.192 e. The highest BCUT2D eigenvalue weighted by Crippen LogP contribution is 2.56. The second-order valence-corrected chi connectivity index (χ2v) is 16.4. The van der Waals surface area contributed by atoms with E-state index in [9.17, 15) is 4.57 Å². The minimum atomic E-state index is -2.22. The molecule has 0 N–H and O–H groups in total. The van der Waals surface area contributed by atoms with Crippen LogP contribution in [0.15, 0.2) is 0 Å². The maximum absolute atomic E-state index is 12.0. The Labute approximate surface area is 131 Å². The van der Waals surface area contributed by atoms with Gasteiger partial charge in [0.2, 0.25) is 0 Å². The molecule has 2 aliphatic rings. The van der Waals surface area contributed by atoms with E-state index < -0.39 is 21.5 Å². The summed E-state index contributed by atoms with van der Waals surface area (Å²) in [7, 11) is 2.01. The number of epoxide rings is 1. The predicted octanol–water partition coefficient (Wildman–Crippen LogP) is 3.01. The molecule has 21 heavy (non-hydrogen) atoms. The van der Waals surface area contributed by atoms with Crippen LogP contribution in [0.1, 0.15) is 27.2 Å². The van der Waals surface area contributed by atoms with Gasteiger partial charge in [0.15, 0.2) is 8.32 Å². The normalized spacial score (nSPS) is 37.8. The standard InChI is InChI=1S/C14H28BO4PSi/c1-14(2,3)21(6,7)19-10-8-9(17-12(10)15)11-13(18-11)20(4,5)16/h9-13H,8H2,1-7H3/t9-,10-,11?,12+,13?/m0/s1. The van der Waals surface area contributed by atoms with Gasteiger partial charge in [0, 0.05) is 12.4 Å². The second kappa shape index (κ2) is 5.48. The SMILES string of the molecule is [B][C@@H]1O[C@H](C2OC2P(C)(C)=O)C[C@@H]1O[Si](C)(C)C(C)(C)C. The molecule has 0 amide bonds. The Bertz CT molecular complexity index is 445. The van der Waals surface area contributed by atoms with E-state index in [1.807, 2.05) is 0 Å². The monoisotopic (exact) mass is 330 g/mol. The van der Waals surface area contributed by atoms with Crippen molar-refractivity contribution in [1.29, 1.82) is 0 Å². The molecule has 0 bridgehead atoms. The molecular formula is C14H28BO4PSi. The Morgan fingerprint density at radius 2 is 1.81 bits per heavy atom. The van der Waals surface area contributed by atoms with Gasteiger partial charge in [-0.05, 0) is 31.5 Å². The van der Waals surface area contributed by atoms with E-state index in [2.05, 4.69) is 33.9 Å². The molecule has 0 aromatic rings. The molecule has 5 atom stereocenters. The first kappa shape index (κ1) is 17.7. The van der Waals surface area contributed by atoms with Gasteiger partial charge < -0.3 is 18.5 Å². The summed E-state index contributed by atoms with van der Waals surface area (Å²) < 4.78 is 29.8. The summed E-state index contributed by atoms with van der Waals surface area (Å²) in [6, 6.07) is -0.415. The molecule has 0 aromatic carbocycles. The summed E-state index contributed by atoms with van der Waals surface area (Å²) in [5, 5.41) is 0.145. The van der Waals surface area contributed by atoms with Crippen molar-refractivity contribution in [2.24, 2.45) is 0 Å². The molecule has 0 aromatic heterocycles. The molecule has 2 unspecified atom stereocenters. The topological polar surface area (TPSA) is 48.1 Å². The third kappa shape index (κ3) is 3.84. The molecule has 2 fully saturated rings. The van der Waals surface area contributed by atoms with Crippen LogP contribution < -0.4 is 0 Å². The van der Waals surface area contributed by atoms with Crippen LogP contribution in [0.2, 0.25) is 18.1 Å². The Morgan fingerprint density at radius 1 is 1.24 bits per heavy atom. The van der Waals surface area contributed by atoms with Gasteiger partial charge in [0.25, 0.3) is 0 Å². The first-order valence-electron chi connectivity index (χ1n) is 7.62. The molecule has 2 heterocycles. The predicted molar refractivity (Wildman–Crippen MR) is 89.2 cm³/mol. The Balaban J connectivity index is 1.96. The lowest BCUT2D eigenvalue weighted by atomic mass is 9.94. The Kier molecular flexibility index (Phi) is 4.63. The van der Waals surface area contributed by atoms with Gasteiger partial charge in [0.1, 0.15) is 26.9 Å². The van der Waals surface area contributed by atoms with E-state index in [0.29, 0.717) is 0 Å². The van der Waals surface area contributed by atoms with E-state index in [1.165, 1.54) is 0 Å². The largest absolute Gasteiger partial charge is 0.412 e. The molecule has 2 rings (SSSR count). The highest BCUT2D eigenvalue weighted by Gasteiger charge is 2.55. The fraction of sp³-hybridized carbons (Fsp3) is 1.00. The Morgan fingerprint density at radius 3 is 2.24 bits per heavy atom. The van der Waals surface area contributed by atoms with Gasteiger partial charge in [-0.15, -0.1) is 0 Å². The van der Waals surface area contributed by atoms with E-state index in [1.54, 1.807) is 13.3 Å². The van der Waals surface area contributed by atoms with Crippen LogP contribution >= 0.6 is 7.14 Å². The highest BCUT2D eigenvalue weighted by molar-refractivity contribution is 7.63. The summed E-state index contributed by atoms with van der Waals surface area (Å²) in [5.74, 6) is -0.165. The van der Waals surface area contributed by atoms with Crippen LogP contribution in [-0.4, -0.2) is 59.7 Å². The molecule has 120 valence electrons. The molecule has 0 spiro atoms. The van der Waals surface area contributed by atoms with Gasteiger partial charge in [-0.2, -0.15) is 0 Å². The zero-order valence-electron chi connectivity index (χ0n) is 14.3. The fourth-order valence-electron chi connectivity index (χ4n) is 2.48. The van der Waals surface area contributed by atoms with Crippen LogP contribution in [0.4, 0.5) is 0 Å². The van der Waals surface area contributed by atoms with Crippen molar-refractivity contribution in [3.8, 4) is 0 Å². The zero-order chi connectivity index (χ0) is 16.2. The minimum Gasteiger partial charge on any atom is -0.412 e. The van der Waals surface area contributed by atoms with Crippen LogP contribution in [0, 0.1) is 0 Å². The van der Waals surface area contributed by atoms with Crippen molar-refractivity contribution in [3.63, 3.8) is 0 Å². The summed E-state index contributed by atoms with van der Waals surface area (Å²) >= 11 is 0. The molecule has 0 saturated carbocycles. The molecule has 4 nitrogen and oxygen atoms in total. The van der Waals surface area contributed by atoms with E-state index in [0.717, 1.165) is 6.42 Å². The molecule has 7 heteroatoms. The number of rotatable bonds is 4. The fourth-order valence-corrected chi connectivity index (χ4v) is 5.15. The van der Waals surface area contributed by atoms with Gasteiger partial charge in [-0.25, -0.2) is 0 Å². The van der Waals surface area contributed by atoms with Crippen molar-refractivity contribution in [3.05, 3.63) is 0 Å². The molecule has 2 aliphatic heterocycles. The average Bonchev–Trinajstić information content (AvgIpc) is 2.98. The lowest BCUT2D eigenvalue weighted by molar-refractivity contribution is 0.0490. The second-order valence-electron chi connectivity index (χ2n) is 8.22. The Hall–Kier alpha value is 0.392. The van der Waals surface area contributed by atoms with Gasteiger partial charge in [0.05, 0.1) is 12.2 Å². The first-order chi connectivity index (χ1) is 9.33. The third-order valence-corrected chi connectivity index (χ3v) is 11.0. The summed E-state index contributed by atoms with van der Waals surface area (Å²) in [5.41, 5.74) is 0. The van der Waals surface area contributed by atoms with E-state index in [-0.39, 0.29) is 29.2 Å². The lowest BCUT2D eigenvalue weighted by Gasteiger charge is -2.39. The van der Waals surface area contributed by atoms with Crippen molar-refractivity contribution in [1.82, 2.24) is 0 Å². The van der Waals surface area contributed by atoms with Crippen LogP contribution in [-0.2, 0) is 18.5 Å². The molecule has 2 saturated heterocycles. The van der Waals surface area contributed by atoms with Gasteiger partial charge >= 0.3 is 0 Å². The number of ether oxygens (including phenoxy) is 2.